The third-order valence-corrected chi connectivity index (χ3v) is 5.62. The number of carbonyl (C=O) groups excluding carboxylic acids is 1. The van der Waals surface area contributed by atoms with Crippen molar-refractivity contribution in [1.82, 2.24) is 10.2 Å². The highest BCUT2D eigenvalue weighted by molar-refractivity contribution is 7.99. The van der Waals surface area contributed by atoms with Crippen LogP contribution >= 0.6 is 11.8 Å². The second-order valence-corrected chi connectivity index (χ2v) is 7.34. The van der Waals surface area contributed by atoms with Crippen molar-refractivity contribution in [1.29, 1.82) is 0 Å². The Labute approximate surface area is 143 Å². The molecule has 1 aromatic rings. The van der Waals surface area contributed by atoms with Crippen LogP contribution in [0.4, 0.5) is 4.39 Å². The van der Waals surface area contributed by atoms with Crippen LogP contribution in [-0.2, 0) is 4.79 Å². The molecule has 0 aromatic heterocycles. The largest absolute Gasteiger partial charge is 0.342 e. The van der Waals surface area contributed by atoms with Crippen molar-refractivity contribution >= 4 is 17.7 Å². The Kier molecular flexibility index (Phi) is 7.37. The third kappa shape index (κ3) is 5.81. The first-order chi connectivity index (χ1) is 11.1. The maximum absolute atomic E-state index is 12.9. The van der Waals surface area contributed by atoms with E-state index in [-0.39, 0.29) is 17.6 Å². The highest BCUT2D eigenvalue weighted by Gasteiger charge is 2.25. The van der Waals surface area contributed by atoms with Crippen molar-refractivity contribution in [2.75, 3.05) is 31.9 Å². The summed E-state index contributed by atoms with van der Waals surface area (Å²) in [5.41, 5.74) is 0. The van der Waals surface area contributed by atoms with E-state index in [0.29, 0.717) is 5.92 Å². The first kappa shape index (κ1) is 18.3. The van der Waals surface area contributed by atoms with Crippen LogP contribution in [0.3, 0.4) is 0 Å². The molecule has 1 atom stereocenters. The average molecular weight is 338 g/mol. The molecule has 3 nitrogen and oxygen atoms in total. The lowest BCUT2D eigenvalue weighted by Crippen LogP contribution is -2.43. The number of nitrogens with one attached hydrogen (secondary N) is 1. The molecule has 1 amide bonds. The van der Waals surface area contributed by atoms with Gasteiger partial charge in [-0.15, -0.1) is 11.8 Å². The molecule has 1 N–H and O–H groups in total. The summed E-state index contributed by atoms with van der Waals surface area (Å²) >= 11 is 1.62. The van der Waals surface area contributed by atoms with Crippen molar-refractivity contribution in [3.63, 3.8) is 0 Å². The van der Waals surface area contributed by atoms with Crippen LogP contribution in [0.2, 0.25) is 0 Å². The first-order valence-corrected chi connectivity index (χ1v) is 9.46. The maximum Gasteiger partial charge on any atom is 0.226 e. The Bertz CT molecular complexity index is 486. The molecule has 2 rings (SSSR count). The minimum Gasteiger partial charge on any atom is -0.342 e. The molecular formula is C18H27FN2OS. The normalized spacial score (nSPS) is 17.3. The summed E-state index contributed by atoms with van der Waals surface area (Å²) in [4.78, 5) is 15.6. The molecule has 0 aliphatic carbocycles. The van der Waals surface area contributed by atoms with Crippen molar-refractivity contribution < 1.29 is 9.18 Å². The Hall–Kier alpha value is -1.07. The Morgan fingerprint density at radius 3 is 2.61 bits per heavy atom. The summed E-state index contributed by atoms with van der Waals surface area (Å²) in [5, 5.41) is 3.39. The van der Waals surface area contributed by atoms with Gasteiger partial charge < -0.3 is 10.2 Å². The molecule has 0 spiro atoms. The lowest BCUT2D eigenvalue weighted by molar-refractivity contribution is -0.135. The van der Waals surface area contributed by atoms with Gasteiger partial charge in [0.1, 0.15) is 5.82 Å². The van der Waals surface area contributed by atoms with Crippen LogP contribution in [0.25, 0.3) is 0 Å². The quantitative estimate of drug-likeness (QED) is 0.774. The number of amides is 1. The van der Waals surface area contributed by atoms with E-state index in [1.807, 2.05) is 11.8 Å². The van der Waals surface area contributed by atoms with Crippen LogP contribution in [0.5, 0.6) is 0 Å². The zero-order valence-electron chi connectivity index (χ0n) is 14.1. The van der Waals surface area contributed by atoms with E-state index >= 15 is 0 Å². The molecule has 5 heteroatoms. The number of hydrogen-bond donors (Lipinski definition) is 1. The number of hydrogen-bond acceptors (Lipinski definition) is 3. The Morgan fingerprint density at radius 2 is 2.00 bits per heavy atom. The van der Waals surface area contributed by atoms with Crippen molar-refractivity contribution in [3.8, 4) is 0 Å². The van der Waals surface area contributed by atoms with Crippen molar-refractivity contribution in [2.45, 2.75) is 31.6 Å². The van der Waals surface area contributed by atoms with E-state index in [0.717, 1.165) is 49.7 Å². The topological polar surface area (TPSA) is 32.3 Å². The van der Waals surface area contributed by atoms with Gasteiger partial charge in [-0.1, -0.05) is 13.8 Å². The van der Waals surface area contributed by atoms with E-state index in [2.05, 4.69) is 12.2 Å². The van der Waals surface area contributed by atoms with Gasteiger partial charge in [0, 0.05) is 29.7 Å². The molecule has 1 fully saturated rings. The molecule has 1 heterocycles. The van der Waals surface area contributed by atoms with Gasteiger partial charge in [0.25, 0.3) is 0 Å². The molecule has 0 radical (unpaired) electrons. The minimum absolute atomic E-state index is 0.00429. The summed E-state index contributed by atoms with van der Waals surface area (Å²) in [6, 6.07) is 6.46. The fourth-order valence-electron chi connectivity index (χ4n) is 2.84. The highest BCUT2D eigenvalue weighted by Crippen LogP contribution is 2.23. The average Bonchev–Trinajstić information content (AvgIpc) is 2.59. The number of piperidine rings is 1. The number of thioether (sulfide) groups is 1. The predicted octanol–water partition coefficient (Wildman–Crippen LogP) is 3.40. The smallest absolute Gasteiger partial charge is 0.226 e. The number of halogens is 1. The summed E-state index contributed by atoms with van der Waals surface area (Å²) in [5.74, 6) is 1.46. The maximum atomic E-state index is 12.9. The number of likely N-dealkylation sites (tertiary alicyclic amines) is 1. The zero-order valence-corrected chi connectivity index (χ0v) is 14.9. The van der Waals surface area contributed by atoms with Gasteiger partial charge >= 0.3 is 0 Å². The summed E-state index contributed by atoms with van der Waals surface area (Å²) in [7, 11) is 0. The minimum atomic E-state index is -0.223. The second-order valence-electron chi connectivity index (χ2n) is 6.24. The summed E-state index contributed by atoms with van der Waals surface area (Å²) in [6.07, 6.45) is 2.19. The SMILES string of the molecule is CCNCC1CCN(C(=O)C(C)CSc2ccc(F)cc2)CC1. The molecule has 1 unspecified atom stereocenters. The summed E-state index contributed by atoms with van der Waals surface area (Å²) in [6.45, 7) is 7.94. The molecule has 1 aliphatic rings. The number of rotatable bonds is 7. The Balaban J connectivity index is 1.73. The number of nitrogens with zero attached hydrogens (tertiary/aromatic N) is 1. The fraction of sp³-hybridized carbons (Fsp3) is 0.611. The highest BCUT2D eigenvalue weighted by atomic mass is 32.2. The van der Waals surface area contributed by atoms with E-state index in [1.165, 1.54) is 12.1 Å². The molecule has 128 valence electrons. The van der Waals surface area contributed by atoms with E-state index < -0.39 is 0 Å². The Morgan fingerprint density at radius 1 is 1.35 bits per heavy atom. The molecule has 0 bridgehead atoms. The van der Waals surface area contributed by atoms with Gasteiger partial charge in [-0.2, -0.15) is 0 Å². The van der Waals surface area contributed by atoms with E-state index in [1.54, 1.807) is 23.9 Å². The van der Waals surface area contributed by atoms with Gasteiger partial charge in [-0.3, -0.25) is 4.79 Å². The van der Waals surface area contributed by atoms with E-state index in [4.69, 9.17) is 0 Å². The van der Waals surface area contributed by atoms with Gasteiger partial charge in [0.2, 0.25) is 5.91 Å². The third-order valence-electron chi connectivity index (χ3n) is 4.34. The molecule has 1 saturated heterocycles. The van der Waals surface area contributed by atoms with Crippen LogP contribution in [0.1, 0.15) is 26.7 Å². The molecule has 23 heavy (non-hydrogen) atoms. The van der Waals surface area contributed by atoms with Crippen LogP contribution in [-0.4, -0.2) is 42.7 Å². The molecule has 1 aliphatic heterocycles. The van der Waals surface area contributed by atoms with Gasteiger partial charge in [0.05, 0.1) is 0 Å². The molecule has 0 saturated carbocycles. The fourth-order valence-corrected chi connectivity index (χ4v) is 3.75. The van der Waals surface area contributed by atoms with Gasteiger partial charge in [-0.05, 0) is 56.1 Å². The lowest BCUT2D eigenvalue weighted by Gasteiger charge is -2.33. The number of benzene rings is 1. The first-order valence-electron chi connectivity index (χ1n) is 8.48. The zero-order chi connectivity index (χ0) is 16.7. The van der Waals surface area contributed by atoms with Crippen molar-refractivity contribution in [2.24, 2.45) is 11.8 Å². The predicted molar refractivity (Wildman–Crippen MR) is 94.1 cm³/mol. The van der Waals surface area contributed by atoms with Crippen LogP contribution < -0.4 is 5.32 Å². The monoisotopic (exact) mass is 338 g/mol. The van der Waals surface area contributed by atoms with Gasteiger partial charge in [-0.25, -0.2) is 4.39 Å². The second kappa shape index (κ2) is 9.28. The molecular weight excluding hydrogens is 311 g/mol. The standard InChI is InChI=1S/C18H27FN2OS/c1-3-20-12-15-8-10-21(11-9-15)18(22)14(2)13-23-17-6-4-16(19)5-7-17/h4-7,14-15,20H,3,8-13H2,1-2H3. The summed E-state index contributed by atoms with van der Waals surface area (Å²) < 4.78 is 12.9. The number of carbonyl (C=O) groups is 1. The van der Waals surface area contributed by atoms with Gasteiger partial charge in [0.15, 0.2) is 0 Å². The van der Waals surface area contributed by atoms with E-state index in [9.17, 15) is 9.18 Å². The van der Waals surface area contributed by atoms with Crippen molar-refractivity contribution in [3.05, 3.63) is 30.1 Å². The lowest BCUT2D eigenvalue weighted by atomic mass is 9.96. The molecule has 1 aromatic carbocycles. The van der Waals surface area contributed by atoms with Crippen LogP contribution in [0, 0.1) is 17.7 Å². The van der Waals surface area contributed by atoms with Crippen LogP contribution in [0.15, 0.2) is 29.2 Å².